The SMILES string of the molecule is NC(CN(Cc1ccc2c(c1)CCC2)C1CCCC1)=NO. The van der Waals surface area contributed by atoms with E-state index >= 15 is 0 Å². The van der Waals surface area contributed by atoms with Crippen LogP contribution in [0.2, 0.25) is 0 Å². The Labute approximate surface area is 126 Å². The minimum absolute atomic E-state index is 0.308. The number of rotatable bonds is 5. The number of oxime groups is 1. The Morgan fingerprint density at radius 1 is 1.19 bits per heavy atom. The van der Waals surface area contributed by atoms with Crippen molar-refractivity contribution in [3.8, 4) is 0 Å². The normalized spacial score (nSPS) is 19.4. The molecule has 114 valence electrons. The van der Waals surface area contributed by atoms with E-state index < -0.39 is 0 Å². The second-order valence-electron chi connectivity index (χ2n) is 6.39. The lowest BCUT2D eigenvalue weighted by Crippen LogP contribution is -2.39. The van der Waals surface area contributed by atoms with E-state index in [0.29, 0.717) is 18.4 Å². The molecule has 0 radical (unpaired) electrons. The Morgan fingerprint density at radius 2 is 1.95 bits per heavy atom. The highest BCUT2D eigenvalue weighted by molar-refractivity contribution is 5.81. The number of hydrogen-bond acceptors (Lipinski definition) is 3. The van der Waals surface area contributed by atoms with Crippen molar-refractivity contribution in [2.24, 2.45) is 10.9 Å². The third kappa shape index (κ3) is 3.38. The van der Waals surface area contributed by atoms with Crippen LogP contribution in [0.25, 0.3) is 0 Å². The number of benzene rings is 1. The van der Waals surface area contributed by atoms with Gasteiger partial charge >= 0.3 is 0 Å². The van der Waals surface area contributed by atoms with Crippen molar-refractivity contribution in [3.63, 3.8) is 0 Å². The van der Waals surface area contributed by atoms with E-state index in [2.05, 4.69) is 28.3 Å². The van der Waals surface area contributed by atoms with E-state index in [9.17, 15) is 0 Å². The molecule has 0 unspecified atom stereocenters. The van der Waals surface area contributed by atoms with Crippen molar-refractivity contribution in [1.82, 2.24) is 4.90 Å². The summed E-state index contributed by atoms with van der Waals surface area (Å²) in [6.45, 7) is 1.45. The average Bonchev–Trinajstić information content (AvgIpc) is 3.17. The van der Waals surface area contributed by atoms with E-state index in [1.807, 2.05) is 0 Å². The van der Waals surface area contributed by atoms with Crippen LogP contribution in [0.1, 0.15) is 48.8 Å². The van der Waals surface area contributed by atoms with E-state index in [-0.39, 0.29) is 0 Å². The molecule has 3 N–H and O–H groups in total. The molecule has 0 spiro atoms. The first-order valence-electron chi connectivity index (χ1n) is 8.07. The van der Waals surface area contributed by atoms with Gasteiger partial charge in [-0.3, -0.25) is 4.90 Å². The van der Waals surface area contributed by atoms with Gasteiger partial charge in [0.25, 0.3) is 0 Å². The van der Waals surface area contributed by atoms with Crippen molar-refractivity contribution >= 4 is 5.84 Å². The molecule has 0 saturated heterocycles. The van der Waals surface area contributed by atoms with Gasteiger partial charge in [-0.25, -0.2) is 0 Å². The van der Waals surface area contributed by atoms with Gasteiger partial charge in [0.15, 0.2) is 5.84 Å². The fourth-order valence-corrected chi connectivity index (χ4v) is 3.78. The van der Waals surface area contributed by atoms with Gasteiger partial charge in [-0.15, -0.1) is 0 Å². The zero-order chi connectivity index (χ0) is 14.7. The number of nitrogens with two attached hydrogens (primary N) is 1. The Hall–Kier alpha value is -1.55. The topological polar surface area (TPSA) is 61.8 Å². The lowest BCUT2D eigenvalue weighted by atomic mass is 10.1. The van der Waals surface area contributed by atoms with Crippen LogP contribution >= 0.6 is 0 Å². The molecule has 2 aliphatic carbocycles. The van der Waals surface area contributed by atoms with E-state index in [0.717, 1.165) is 6.54 Å². The van der Waals surface area contributed by atoms with Crippen LogP contribution in [0.15, 0.2) is 23.4 Å². The first-order valence-corrected chi connectivity index (χ1v) is 8.07. The van der Waals surface area contributed by atoms with Gasteiger partial charge in [-0.1, -0.05) is 36.2 Å². The molecule has 2 aliphatic rings. The standard InChI is InChI=1S/C17H25N3O/c18-17(19-21)12-20(16-6-1-2-7-16)11-13-8-9-14-4-3-5-15(14)10-13/h8-10,16,21H,1-7,11-12H2,(H2,18,19). The largest absolute Gasteiger partial charge is 0.409 e. The Morgan fingerprint density at radius 3 is 2.71 bits per heavy atom. The van der Waals surface area contributed by atoms with Gasteiger partial charge in [-0.05, 0) is 48.8 Å². The second kappa shape index (κ2) is 6.48. The van der Waals surface area contributed by atoms with Crippen LogP contribution in [0.3, 0.4) is 0 Å². The molecule has 0 heterocycles. The highest BCUT2D eigenvalue weighted by Crippen LogP contribution is 2.27. The molecule has 0 aliphatic heterocycles. The summed E-state index contributed by atoms with van der Waals surface area (Å²) >= 11 is 0. The summed E-state index contributed by atoms with van der Waals surface area (Å²) in [6, 6.07) is 7.46. The molecule has 1 aromatic carbocycles. The predicted octanol–water partition coefficient (Wildman–Crippen LogP) is 2.67. The third-order valence-corrected chi connectivity index (χ3v) is 4.88. The summed E-state index contributed by atoms with van der Waals surface area (Å²) in [5, 5.41) is 12.0. The lowest BCUT2D eigenvalue weighted by molar-refractivity contribution is 0.214. The van der Waals surface area contributed by atoms with Crippen LogP contribution in [0.5, 0.6) is 0 Å². The van der Waals surface area contributed by atoms with Crippen molar-refractivity contribution in [3.05, 3.63) is 34.9 Å². The summed E-state index contributed by atoms with van der Waals surface area (Å²) in [6.07, 6.45) is 8.77. The Kier molecular flexibility index (Phi) is 4.44. The molecule has 4 nitrogen and oxygen atoms in total. The van der Waals surface area contributed by atoms with E-state index in [4.69, 9.17) is 10.9 Å². The number of nitrogens with zero attached hydrogens (tertiary/aromatic N) is 2. The van der Waals surface area contributed by atoms with Gasteiger partial charge in [-0.2, -0.15) is 0 Å². The maximum absolute atomic E-state index is 8.86. The minimum Gasteiger partial charge on any atom is -0.409 e. The highest BCUT2D eigenvalue weighted by Gasteiger charge is 2.24. The smallest absolute Gasteiger partial charge is 0.153 e. The molecule has 21 heavy (non-hydrogen) atoms. The number of amidine groups is 1. The van der Waals surface area contributed by atoms with Crippen molar-refractivity contribution in [1.29, 1.82) is 0 Å². The van der Waals surface area contributed by atoms with Crippen molar-refractivity contribution in [2.45, 2.75) is 57.5 Å². The van der Waals surface area contributed by atoms with Crippen LogP contribution in [-0.4, -0.2) is 28.5 Å². The Balaban J connectivity index is 1.73. The Bertz CT molecular complexity index is 521. The van der Waals surface area contributed by atoms with Crippen LogP contribution in [-0.2, 0) is 19.4 Å². The molecule has 1 fully saturated rings. The molecule has 1 saturated carbocycles. The van der Waals surface area contributed by atoms with Gasteiger partial charge < -0.3 is 10.9 Å². The monoisotopic (exact) mass is 287 g/mol. The average molecular weight is 287 g/mol. The fraction of sp³-hybridized carbons (Fsp3) is 0.588. The maximum atomic E-state index is 8.86. The molecular formula is C17H25N3O. The van der Waals surface area contributed by atoms with Gasteiger partial charge in [0.2, 0.25) is 0 Å². The first kappa shape index (κ1) is 14.4. The number of aryl methyl sites for hydroxylation is 2. The molecule has 0 aromatic heterocycles. The zero-order valence-electron chi connectivity index (χ0n) is 12.6. The molecule has 1 aromatic rings. The summed E-state index contributed by atoms with van der Waals surface area (Å²) in [5.74, 6) is 0.308. The number of fused-ring (bicyclic) bond motifs is 1. The molecule has 4 heteroatoms. The lowest BCUT2D eigenvalue weighted by Gasteiger charge is -2.28. The van der Waals surface area contributed by atoms with Crippen LogP contribution in [0, 0.1) is 0 Å². The molecule has 3 rings (SSSR count). The molecular weight excluding hydrogens is 262 g/mol. The quantitative estimate of drug-likeness (QED) is 0.379. The second-order valence-corrected chi connectivity index (χ2v) is 6.39. The summed E-state index contributed by atoms with van der Waals surface area (Å²) < 4.78 is 0. The van der Waals surface area contributed by atoms with Gasteiger partial charge in [0.1, 0.15) is 0 Å². The van der Waals surface area contributed by atoms with Gasteiger partial charge in [0, 0.05) is 12.6 Å². The summed E-state index contributed by atoms with van der Waals surface area (Å²) in [5.41, 5.74) is 10.1. The predicted molar refractivity (Wildman–Crippen MR) is 84.5 cm³/mol. The van der Waals surface area contributed by atoms with Gasteiger partial charge in [0.05, 0.1) is 6.54 Å². The van der Waals surface area contributed by atoms with E-state index in [1.54, 1.807) is 0 Å². The maximum Gasteiger partial charge on any atom is 0.153 e. The highest BCUT2D eigenvalue weighted by atomic mass is 16.4. The molecule has 0 bridgehead atoms. The summed E-state index contributed by atoms with van der Waals surface area (Å²) in [7, 11) is 0. The van der Waals surface area contributed by atoms with Crippen LogP contribution in [0.4, 0.5) is 0 Å². The van der Waals surface area contributed by atoms with Crippen molar-refractivity contribution < 1.29 is 5.21 Å². The number of hydrogen-bond donors (Lipinski definition) is 2. The minimum atomic E-state index is 0.308. The first-order chi connectivity index (χ1) is 10.3. The zero-order valence-corrected chi connectivity index (χ0v) is 12.6. The van der Waals surface area contributed by atoms with Crippen molar-refractivity contribution in [2.75, 3.05) is 6.54 Å². The molecule has 0 atom stereocenters. The van der Waals surface area contributed by atoms with Crippen LogP contribution < -0.4 is 5.73 Å². The molecule has 0 amide bonds. The van der Waals surface area contributed by atoms with E-state index in [1.165, 1.54) is 61.6 Å². The third-order valence-electron chi connectivity index (χ3n) is 4.88. The fourth-order valence-electron chi connectivity index (χ4n) is 3.78. The summed E-state index contributed by atoms with van der Waals surface area (Å²) in [4.78, 5) is 2.37.